The average Bonchev–Trinajstić information content (AvgIpc) is 2.73. The van der Waals surface area contributed by atoms with E-state index >= 15 is 0 Å². The van der Waals surface area contributed by atoms with Gasteiger partial charge in [-0.05, 0) is 36.4 Å². The normalized spacial score (nSPS) is 10.0. The highest BCUT2D eigenvalue weighted by molar-refractivity contribution is 5.64. The monoisotopic (exact) mass is 375 g/mol. The zero-order valence-electron chi connectivity index (χ0n) is 15.3. The minimum atomic E-state index is 0.152. The van der Waals surface area contributed by atoms with Crippen molar-refractivity contribution in [2.75, 3.05) is 23.8 Å². The number of para-hydroxylation sites is 1. The molecule has 7 heteroatoms. The highest BCUT2D eigenvalue weighted by Gasteiger charge is 2.09. The van der Waals surface area contributed by atoms with Crippen LogP contribution in [0.5, 0.6) is 12.0 Å². The van der Waals surface area contributed by atoms with Crippen LogP contribution in [0.15, 0.2) is 79.9 Å². The van der Waals surface area contributed by atoms with Gasteiger partial charge in [0.1, 0.15) is 13.2 Å². The van der Waals surface area contributed by atoms with Crippen molar-refractivity contribution >= 4 is 23.0 Å². The molecule has 0 aliphatic heterocycles. The number of hydrogen-bond acceptors (Lipinski definition) is 7. The first kappa shape index (κ1) is 18.9. The lowest BCUT2D eigenvalue weighted by Gasteiger charge is -2.10. The van der Waals surface area contributed by atoms with Crippen LogP contribution in [0.4, 0.5) is 23.0 Å². The number of nitrogens with zero attached hydrogens (tertiary/aromatic N) is 3. The van der Waals surface area contributed by atoms with Crippen molar-refractivity contribution in [3.8, 4) is 12.0 Å². The number of hydrogen-bond donors (Lipinski definition) is 2. The van der Waals surface area contributed by atoms with E-state index in [9.17, 15) is 0 Å². The summed E-state index contributed by atoms with van der Waals surface area (Å²) in [4.78, 5) is 12.6. The Bertz CT molecular complexity index is 884. The van der Waals surface area contributed by atoms with E-state index in [0.29, 0.717) is 5.95 Å². The molecule has 0 radical (unpaired) electrons. The number of ether oxygens (including phenoxy) is 2. The average molecular weight is 375 g/mol. The van der Waals surface area contributed by atoms with Gasteiger partial charge < -0.3 is 20.1 Å². The van der Waals surface area contributed by atoms with Gasteiger partial charge in [-0.3, -0.25) is 0 Å². The van der Waals surface area contributed by atoms with Gasteiger partial charge in [-0.15, -0.1) is 4.98 Å². The minimum Gasteiger partial charge on any atom is -0.459 e. The molecule has 28 heavy (non-hydrogen) atoms. The zero-order valence-corrected chi connectivity index (χ0v) is 15.3. The maximum absolute atomic E-state index is 5.40. The van der Waals surface area contributed by atoms with Gasteiger partial charge >= 0.3 is 12.0 Å². The second kappa shape index (κ2) is 9.72. The van der Waals surface area contributed by atoms with Gasteiger partial charge in [-0.2, -0.15) is 9.97 Å². The summed E-state index contributed by atoms with van der Waals surface area (Å²) in [6, 6.07) is 18.0. The third kappa shape index (κ3) is 5.57. The van der Waals surface area contributed by atoms with E-state index in [2.05, 4.69) is 38.7 Å². The van der Waals surface area contributed by atoms with Gasteiger partial charge in [0.2, 0.25) is 5.95 Å². The number of aromatic nitrogens is 3. The van der Waals surface area contributed by atoms with Crippen LogP contribution < -0.4 is 20.1 Å². The van der Waals surface area contributed by atoms with E-state index in [1.165, 1.54) is 0 Å². The Hall–Kier alpha value is -3.87. The topological polar surface area (TPSA) is 81.2 Å². The third-order valence-electron chi connectivity index (χ3n) is 3.46. The summed E-state index contributed by atoms with van der Waals surface area (Å²) in [5.74, 6) is 0.317. The predicted molar refractivity (Wildman–Crippen MR) is 111 cm³/mol. The molecule has 0 aliphatic carbocycles. The summed E-state index contributed by atoms with van der Waals surface area (Å²) in [5, 5.41) is 6.46. The van der Waals surface area contributed by atoms with Crippen LogP contribution in [0.3, 0.4) is 0 Å². The van der Waals surface area contributed by atoms with E-state index in [0.717, 1.165) is 17.1 Å². The van der Waals surface area contributed by atoms with Crippen LogP contribution in [0.25, 0.3) is 0 Å². The summed E-state index contributed by atoms with van der Waals surface area (Å²) in [7, 11) is 0. The van der Waals surface area contributed by atoms with Crippen LogP contribution in [-0.2, 0) is 0 Å². The van der Waals surface area contributed by atoms with Gasteiger partial charge in [-0.25, -0.2) is 0 Å². The molecule has 2 aromatic carbocycles. The fraction of sp³-hybridized carbons (Fsp3) is 0.0952. The van der Waals surface area contributed by atoms with Crippen molar-refractivity contribution in [1.29, 1.82) is 0 Å². The van der Waals surface area contributed by atoms with Crippen molar-refractivity contribution in [2.24, 2.45) is 0 Å². The number of anilines is 4. The van der Waals surface area contributed by atoms with Crippen molar-refractivity contribution in [2.45, 2.75) is 0 Å². The molecule has 7 nitrogen and oxygen atoms in total. The Balaban J connectivity index is 1.72. The SMILES string of the molecule is C=CCOc1nc(Nc2ccc(Nc3ccccc3)cc2)nc(OCC=C)n1. The van der Waals surface area contributed by atoms with Crippen molar-refractivity contribution in [3.63, 3.8) is 0 Å². The largest absolute Gasteiger partial charge is 0.459 e. The molecular weight excluding hydrogens is 354 g/mol. The maximum Gasteiger partial charge on any atom is 0.324 e. The molecule has 1 heterocycles. The lowest BCUT2D eigenvalue weighted by atomic mass is 10.2. The molecular formula is C21H21N5O2. The molecule has 0 saturated carbocycles. The Morgan fingerprint density at radius 1 is 0.679 bits per heavy atom. The second-order valence-electron chi connectivity index (χ2n) is 5.62. The molecule has 0 aliphatic rings. The quantitative estimate of drug-likeness (QED) is 0.505. The van der Waals surface area contributed by atoms with Crippen LogP contribution in [0.2, 0.25) is 0 Å². The van der Waals surface area contributed by atoms with Gasteiger partial charge in [0.15, 0.2) is 0 Å². The zero-order chi connectivity index (χ0) is 19.6. The Kier molecular flexibility index (Phi) is 6.57. The molecule has 3 aromatic rings. The van der Waals surface area contributed by atoms with Crippen LogP contribution in [-0.4, -0.2) is 28.2 Å². The molecule has 0 amide bonds. The molecule has 1 aromatic heterocycles. The van der Waals surface area contributed by atoms with E-state index in [1.54, 1.807) is 12.2 Å². The lowest BCUT2D eigenvalue weighted by Crippen LogP contribution is -2.07. The summed E-state index contributed by atoms with van der Waals surface area (Å²) in [6.07, 6.45) is 3.22. The first-order chi connectivity index (χ1) is 13.8. The molecule has 0 unspecified atom stereocenters. The maximum atomic E-state index is 5.40. The van der Waals surface area contributed by atoms with Gasteiger partial charge in [0.05, 0.1) is 0 Å². The number of benzene rings is 2. The van der Waals surface area contributed by atoms with Crippen molar-refractivity contribution in [3.05, 3.63) is 79.9 Å². The number of nitrogens with one attached hydrogen (secondary N) is 2. The summed E-state index contributed by atoms with van der Waals surface area (Å²) >= 11 is 0. The second-order valence-corrected chi connectivity index (χ2v) is 5.62. The van der Waals surface area contributed by atoms with Crippen molar-refractivity contribution < 1.29 is 9.47 Å². The Labute approximate surface area is 163 Å². The first-order valence-corrected chi connectivity index (χ1v) is 8.69. The molecule has 0 bridgehead atoms. The highest BCUT2D eigenvalue weighted by Crippen LogP contribution is 2.21. The van der Waals surface area contributed by atoms with Crippen LogP contribution >= 0.6 is 0 Å². The standard InChI is InChI=1S/C21H21N5O2/c1-3-14-27-20-24-19(25-21(26-20)28-15-4-2)23-18-12-10-17(11-13-18)22-16-8-6-5-7-9-16/h3-13,22H,1-2,14-15H2,(H,23,24,25,26). The third-order valence-corrected chi connectivity index (χ3v) is 3.46. The Morgan fingerprint density at radius 2 is 1.18 bits per heavy atom. The van der Waals surface area contributed by atoms with Gasteiger partial charge in [-0.1, -0.05) is 43.5 Å². The van der Waals surface area contributed by atoms with Crippen molar-refractivity contribution in [1.82, 2.24) is 15.0 Å². The molecule has 0 atom stereocenters. The molecule has 0 fully saturated rings. The molecule has 0 spiro atoms. The fourth-order valence-corrected chi connectivity index (χ4v) is 2.24. The van der Waals surface area contributed by atoms with E-state index in [-0.39, 0.29) is 25.2 Å². The van der Waals surface area contributed by atoms with Gasteiger partial charge in [0.25, 0.3) is 0 Å². The highest BCUT2D eigenvalue weighted by atomic mass is 16.5. The summed E-state index contributed by atoms with van der Waals surface area (Å²) in [6.45, 7) is 7.79. The summed E-state index contributed by atoms with van der Waals surface area (Å²) < 4.78 is 10.8. The van der Waals surface area contributed by atoms with E-state index < -0.39 is 0 Å². The minimum absolute atomic E-state index is 0.152. The Morgan fingerprint density at radius 3 is 1.71 bits per heavy atom. The predicted octanol–water partition coefficient (Wildman–Crippen LogP) is 4.49. The van der Waals surface area contributed by atoms with E-state index in [1.807, 2.05) is 54.6 Å². The van der Waals surface area contributed by atoms with E-state index in [4.69, 9.17) is 9.47 Å². The molecule has 142 valence electrons. The van der Waals surface area contributed by atoms with Crippen LogP contribution in [0.1, 0.15) is 0 Å². The number of rotatable bonds is 10. The molecule has 0 saturated heterocycles. The smallest absolute Gasteiger partial charge is 0.324 e. The van der Waals surface area contributed by atoms with Gasteiger partial charge in [0, 0.05) is 17.1 Å². The summed E-state index contributed by atoms with van der Waals surface area (Å²) in [5.41, 5.74) is 2.81. The first-order valence-electron chi connectivity index (χ1n) is 8.69. The molecule has 3 rings (SSSR count). The fourth-order valence-electron chi connectivity index (χ4n) is 2.24. The molecule has 2 N–H and O–H groups in total. The lowest BCUT2D eigenvalue weighted by molar-refractivity contribution is 0.299. The van der Waals surface area contributed by atoms with Crippen LogP contribution in [0, 0.1) is 0 Å².